The monoisotopic (exact) mass is 401 g/mol. The molecular formula is C20H23N3O2S2. The van der Waals surface area contributed by atoms with E-state index in [0.717, 1.165) is 16.1 Å². The highest BCUT2D eigenvalue weighted by Crippen LogP contribution is 2.30. The van der Waals surface area contributed by atoms with Gasteiger partial charge in [0, 0.05) is 26.2 Å². The Balaban J connectivity index is 1.45. The molecule has 1 saturated heterocycles. The van der Waals surface area contributed by atoms with Crippen molar-refractivity contribution in [2.75, 3.05) is 26.2 Å². The molecule has 142 valence electrons. The van der Waals surface area contributed by atoms with E-state index >= 15 is 0 Å². The molecular weight excluding hydrogens is 378 g/mol. The first-order valence-electron chi connectivity index (χ1n) is 9.11. The molecule has 0 N–H and O–H groups in total. The lowest BCUT2D eigenvalue weighted by Crippen LogP contribution is -2.49. The molecule has 3 aromatic rings. The third kappa shape index (κ3) is 3.65. The fourth-order valence-corrected chi connectivity index (χ4v) is 5.89. The van der Waals surface area contributed by atoms with E-state index in [1.54, 1.807) is 27.8 Å². The molecule has 2 aromatic carbocycles. The van der Waals surface area contributed by atoms with Crippen LogP contribution in [0.1, 0.15) is 23.5 Å². The minimum atomic E-state index is -3.42. The first kappa shape index (κ1) is 18.6. The number of hydrogen-bond acceptors (Lipinski definition) is 5. The Morgan fingerprint density at radius 1 is 1.00 bits per heavy atom. The van der Waals surface area contributed by atoms with Crippen LogP contribution in [0.15, 0.2) is 53.4 Å². The number of para-hydroxylation sites is 1. The second kappa shape index (κ2) is 7.31. The Bertz CT molecular complexity index is 1000. The van der Waals surface area contributed by atoms with E-state index in [-0.39, 0.29) is 6.04 Å². The topological polar surface area (TPSA) is 53.5 Å². The molecule has 0 saturated carbocycles. The molecule has 7 heteroatoms. The number of benzene rings is 2. The van der Waals surface area contributed by atoms with Crippen LogP contribution in [0, 0.1) is 6.92 Å². The fraction of sp³-hybridized carbons (Fsp3) is 0.350. The molecule has 0 aliphatic carbocycles. The van der Waals surface area contributed by atoms with Crippen molar-refractivity contribution in [2.45, 2.75) is 24.8 Å². The summed E-state index contributed by atoms with van der Waals surface area (Å²) in [6.07, 6.45) is 0. The molecule has 1 aromatic heterocycles. The fourth-order valence-electron chi connectivity index (χ4n) is 3.42. The molecule has 1 aliphatic rings. The molecule has 4 rings (SSSR count). The van der Waals surface area contributed by atoms with Crippen LogP contribution < -0.4 is 0 Å². The summed E-state index contributed by atoms with van der Waals surface area (Å²) in [6, 6.07) is 15.4. The summed E-state index contributed by atoms with van der Waals surface area (Å²) in [5, 5.41) is 1.09. The van der Waals surface area contributed by atoms with E-state index in [4.69, 9.17) is 4.98 Å². The second-order valence-corrected chi connectivity index (χ2v) is 9.95. The van der Waals surface area contributed by atoms with Gasteiger partial charge in [-0.15, -0.1) is 11.3 Å². The van der Waals surface area contributed by atoms with Gasteiger partial charge in [-0.3, -0.25) is 4.90 Å². The van der Waals surface area contributed by atoms with Gasteiger partial charge in [-0.1, -0.05) is 29.8 Å². The number of sulfonamides is 1. The zero-order chi connectivity index (χ0) is 19.0. The number of piperazine rings is 1. The van der Waals surface area contributed by atoms with Crippen molar-refractivity contribution < 1.29 is 8.42 Å². The van der Waals surface area contributed by atoms with Gasteiger partial charge in [-0.2, -0.15) is 4.31 Å². The molecule has 5 nitrogen and oxygen atoms in total. The SMILES string of the molecule is Cc1ccc(S(=O)(=O)N2CCN(C(C)c3nc4ccccc4s3)CC2)cc1. The number of thiazole rings is 1. The van der Waals surface area contributed by atoms with Crippen LogP contribution in [0.25, 0.3) is 10.2 Å². The number of nitrogens with zero attached hydrogens (tertiary/aromatic N) is 3. The second-order valence-electron chi connectivity index (χ2n) is 6.95. The van der Waals surface area contributed by atoms with E-state index in [0.29, 0.717) is 31.1 Å². The van der Waals surface area contributed by atoms with Gasteiger partial charge in [0.25, 0.3) is 0 Å². The van der Waals surface area contributed by atoms with Crippen LogP contribution >= 0.6 is 11.3 Å². The van der Waals surface area contributed by atoms with Gasteiger partial charge >= 0.3 is 0 Å². The number of aryl methyl sites for hydroxylation is 1. The Hall–Kier alpha value is -1.80. The maximum absolute atomic E-state index is 12.9. The van der Waals surface area contributed by atoms with Gasteiger partial charge in [0.15, 0.2) is 0 Å². The van der Waals surface area contributed by atoms with Crippen LogP contribution in [0.2, 0.25) is 0 Å². The van der Waals surface area contributed by atoms with Crippen LogP contribution in [-0.2, 0) is 10.0 Å². The van der Waals surface area contributed by atoms with Crippen molar-refractivity contribution in [3.05, 3.63) is 59.1 Å². The maximum Gasteiger partial charge on any atom is 0.243 e. The third-order valence-corrected chi connectivity index (χ3v) is 8.27. The van der Waals surface area contributed by atoms with E-state index in [2.05, 4.69) is 17.9 Å². The lowest BCUT2D eigenvalue weighted by atomic mass is 10.2. The van der Waals surface area contributed by atoms with E-state index in [9.17, 15) is 8.42 Å². The van der Waals surface area contributed by atoms with Gasteiger partial charge < -0.3 is 0 Å². The van der Waals surface area contributed by atoms with Crippen molar-refractivity contribution in [2.24, 2.45) is 0 Å². The summed E-state index contributed by atoms with van der Waals surface area (Å²) in [6.45, 7) is 6.54. The Morgan fingerprint density at radius 3 is 2.33 bits per heavy atom. The minimum Gasteiger partial charge on any atom is -0.292 e. The normalized spacial score (nSPS) is 18.0. The average Bonchev–Trinajstić information content (AvgIpc) is 3.12. The summed E-state index contributed by atoms with van der Waals surface area (Å²) >= 11 is 1.72. The molecule has 1 fully saturated rings. The minimum absolute atomic E-state index is 0.187. The maximum atomic E-state index is 12.9. The Morgan fingerprint density at radius 2 is 1.67 bits per heavy atom. The number of fused-ring (bicyclic) bond motifs is 1. The van der Waals surface area contributed by atoms with E-state index in [1.165, 1.54) is 4.70 Å². The zero-order valence-corrected chi connectivity index (χ0v) is 17.1. The lowest BCUT2D eigenvalue weighted by Gasteiger charge is -2.36. The van der Waals surface area contributed by atoms with Crippen LogP contribution in [0.3, 0.4) is 0 Å². The van der Waals surface area contributed by atoms with Crippen molar-refractivity contribution in [1.29, 1.82) is 0 Å². The summed E-state index contributed by atoms with van der Waals surface area (Å²) in [5.74, 6) is 0. The van der Waals surface area contributed by atoms with Crippen molar-refractivity contribution in [1.82, 2.24) is 14.2 Å². The van der Waals surface area contributed by atoms with Gasteiger partial charge in [0.1, 0.15) is 5.01 Å². The van der Waals surface area contributed by atoms with E-state index in [1.807, 2.05) is 37.3 Å². The van der Waals surface area contributed by atoms with Gasteiger partial charge in [0.05, 0.1) is 21.2 Å². The first-order chi connectivity index (χ1) is 12.9. The molecule has 1 aliphatic heterocycles. The molecule has 0 spiro atoms. The lowest BCUT2D eigenvalue weighted by molar-refractivity contribution is 0.146. The van der Waals surface area contributed by atoms with Crippen LogP contribution in [-0.4, -0.2) is 48.8 Å². The number of rotatable bonds is 4. The molecule has 0 bridgehead atoms. The molecule has 2 heterocycles. The third-order valence-electron chi connectivity index (χ3n) is 5.15. The highest BCUT2D eigenvalue weighted by atomic mass is 32.2. The summed E-state index contributed by atoms with van der Waals surface area (Å²) in [4.78, 5) is 7.45. The highest BCUT2D eigenvalue weighted by molar-refractivity contribution is 7.89. The largest absolute Gasteiger partial charge is 0.292 e. The summed E-state index contributed by atoms with van der Waals surface area (Å²) in [7, 11) is -3.42. The van der Waals surface area contributed by atoms with Gasteiger partial charge in [-0.25, -0.2) is 13.4 Å². The highest BCUT2D eigenvalue weighted by Gasteiger charge is 2.31. The smallest absolute Gasteiger partial charge is 0.243 e. The molecule has 1 atom stereocenters. The van der Waals surface area contributed by atoms with Crippen LogP contribution in [0.5, 0.6) is 0 Å². The van der Waals surface area contributed by atoms with Gasteiger partial charge in [-0.05, 0) is 38.1 Å². The van der Waals surface area contributed by atoms with Crippen LogP contribution in [0.4, 0.5) is 0 Å². The summed E-state index contributed by atoms with van der Waals surface area (Å²) in [5.41, 5.74) is 2.09. The zero-order valence-electron chi connectivity index (χ0n) is 15.5. The summed E-state index contributed by atoms with van der Waals surface area (Å²) < 4.78 is 28.5. The standard InChI is InChI=1S/C20H23N3O2S2/c1-15-7-9-17(10-8-15)27(24,25)23-13-11-22(12-14-23)16(2)20-21-18-5-3-4-6-19(18)26-20/h3-10,16H,11-14H2,1-2H3. The predicted octanol–water partition coefficient (Wildman–Crippen LogP) is 3.67. The average molecular weight is 402 g/mol. The Kier molecular flexibility index (Phi) is 5.03. The molecule has 0 radical (unpaired) electrons. The van der Waals surface area contributed by atoms with Crippen molar-refractivity contribution in [3.63, 3.8) is 0 Å². The van der Waals surface area contributed by atoms with Crippen molar-refractivity contribution >= 4 is 31.6 Å². The molecule has 27 heavy (non-hydrogen) atoms. The van der Waals surface area contributed by atoms with E-state index < -0.39 is 10.0 Å². The van der Waals surface area contributed by atoms with Gasteiger partial charge in [0.2, 0.25) is 10.0 Å². The number of hydrogen-bond donors (Lipinski definition) is 0. The first-order valence-corrected chi connectivity index (χ1v) is 11.4. The Labute approximate surface area is 164 Å². The predicted molar refractivity (Wildman–Crippen MR) is 110 cm³/mol. The quantitative estimate of drug-likeness (QED) is 0.669. The molecule has 1 unspecified atom stereocenters. The van der Waals surface area contributed by atoms with Crippen molar-refractivity contribution in [3.8, 4) is 0 Å². The molecule has 0 amide bonds. The number of aromatic nitrogens is 1.